The highest BCUT2D eigenvalue weighted by Gasteiger charge is 2.10. The summed E-state index contributed by atoms with van der Waals surface area (Å²) < 4.78 is 3.89. The lowest BCUT2D eigenvalue weighted by molar-refractivity contribution is -0.716. The van der Waals surface area contributed by atoms with E-state index >= 15 is 0 Å². The summed E-state index contributed by atoms with van der Waals surface area (Å²) in [6.45, 7) is 2.83. The zero-order valence-electron chi connectivity index (χ0n) is 13.4. The van der Waals surface area contributed by atoms with Gasteiger partial charge in [-0.25, -0.2) is 4.98 Å². The molecule has 0 saturated carbocycles. The Kier molecular flexibility index (Phi) is 4.52. The lowest BCUT2D eigenvalue weighted by Crippen LogP contribution is -2.06. The lowest BCUT2D eigenvalue weighted by Gasteiger charge is -2.05. The van der Waals surface area contributed by atoms with Gasteiger partial charge in [0.15, 0.2) is 0 Å². The Morgan fingerprint density at radius 1 is 1.09 bits per heavy atom. The van der Waals surface area contributed by atoms with E-state index in [4.69, 9.17) is 4.84 Å². The summed E-state index contributed by atoms with van der Waals surface area (Å²) >= 11 is 0. The van der Waals surface area contributed by atoms with Crippen LogP contribution >= 0.6 is 0 Å². The summed E-state index contributed by atoms with van der Waals surface area (Å²) in [5.41, 5.74) is 3.31. The maximum Gasteiger partial charge on any atom is 0.257 e. The third-order valence-electron chi connectivity index (χ3n) is 3.73. The molecule has 0 saturated heterocycles. The van der Waals surface area contributed by atoms with Gasteiger partial charge in [-0.15, -0.1) is 0 Å². The third kappa shape index (κ3) is 3.66. The Hall–Kier alpha value is -2.88. The van der Waals surface area contributed by atoms with Crippen LogP contribution in [0.1, 0.15) is 17.0 Å². The normalized spacial score (nSPS) is 11.5. The largest absolute Gasteiger partial charge is 0.331 e. The first-order valence-corrected chi connectivity index (χ1v) is 7.56. The van der Waals surface area contributed by atoms with Gasteiger partial charge < -0.3 is 4.57 Å². The van der Waals surface area contributed by atoms with E-state index in [0.29, 0.717) is 0 Å². The molecule has 23 heavy (non-hydrogen) atoms. The predicted octanol–water partition coefficient (Wildman–Crippen LogP) is 3.56. The molecule has 4 heteroatoms. The van der Waals surface area contributed by atoms with Crippen LogP contribution in [-0.4, -0.2) is 27.6 Å². The van der Waals surface area contributed by atoms with Crippen molar-refractivity contribution in [2.24, 2.45) is 0 Å². The SMILES string of the molecule is CO[N+](=Cc1ccccc1)c1ccc(Cn2ccnc2C)cc1. The standard InChI is InChI=1S/C19H20N3O/c1-16-20-12-13-21(16)14-18-8-10-19(11-9-18)22(23-2)15-17-6-4-3-5-7-17/h3-13,15H,14H2,1-2H3/q+1. The minimum Gasteiger partial charge on any atom is -0.331 e. The molecule has 4 nitrogen and oxygen atoms in total. The summed E-state index contributed by atoms with van der Waals surface area (Å²) in [6, 6.07) is 18.5. The highest BCUT2D eigenvalue weighted by molar-refractivity contribution is 5.76. The summed E-state index contributed by atoms with van der Waals surface area (Å²) in [7, 11) is 1.67. The van der Waals surface area contributed by atoms with Gasteiger partial charge in [-0.1, -0.05) is 30.3 Å². The van der Waals surface area contributed by atoms with E-state index in [1.807, 2.05) is 55.9 Å². The number of aryl methyl sites for hydroxylation is 1. The van der Waals surface area contributed by atoms with Gasteiger partial charge in [-0.2, -0.15) is 0 Å². The Morgan fingerprint density at radius 3 is 2.43 bits per heavy atom. The van der Waals surface area contributed by atoms with E-state index in [-0.39, 0.29) is 0 Å². The van der Waals surface area contributed by atoms with Crippen molar-refractivity contribution in [1.82, 2.24) is 9.55 Å². The average Bonchev–Trinajstić information content (AvgIpc) is 2.99. The summed E-state index contributed by atoms with van der Waals surface area (Å²) in [4.78, 5) is 9.72. The van der Waals surface area contributed by atoms with E-state index in [0.717, 1.165) is 23.6 Å². The third-order valence-corrected chi connectivity index (χ3v) is 3.73. The fourth-order valence-electron chi connectivity index (χ4n) is 2.42. The maximum absolute atomic E-state index is 5.47. The van der Waals surface area contributed by atoms with Crippen molar-refractivity contribution in [2.45, 2.75) is 13.5 Å². The van der Waals surface area contributed by atoms with Crippen LogP contribution in [0.15, 0.2) is 67.0 Å². The van der Waals surface area contributed by atoms with Crippen molar-refractivity contribution in [1.29, 1.82) is 0 Å². The monoisotopic (exact) mass is 306 g/mol. The number of imidazole rings is 1. The summed E-state index contributed by atoms with van der Waals surface area (Å²) in [6.07, 6.45) is 5.79. The maximum atomic E-state index is 5.47. The molecule has 0 aliphatic rings. The van der Waals surface area contributed by atoms with Gasteiger partial charge in [-0.05, 0) is 24.6 Å². The van der Waals surface area contributed by atoms with Crippen molar-refractivity contribution >= 4 is 11.9 Å². The van der Waals surface area contributed by atoms with Crippen LogP contribution in [0.5, 0.6) is 0 Å². The van der Waals surface area contributed by atoms with E-state index in [2.05, 4.69) is 33.8 Å². The number of aromatic nitrogens is 2. The molecule has 2 aromatic carbocycles. The van der Waals surface area contributed by atoms with Gasteiger partial charge in [0.1, 0.15) is 12.9 Å². The van der Waals surface area contributed by atoms with Gasteiger partial charge in [0.25, 0.3) is 5.69 Å². The first kappa shape index (κ1) is 15.0. The van der Waals surface area contributed by atoms with Crippen molar-refractivity contribution in [2.75, 3.05) is 7.11 Å². The molecule has 0 aliphatic carbocycles. The molecule has 1 aromatic heterocycles. The first-order chi connectivity index (χ1) is 11.3. The van der Waals surface area contributed by atoms with Crippen LogP contribution in [0.25, 0.3) is 0 Å². The molecule has 0 unspecified atom stereocenters. The van der Waals surface area contributed by atoms with Crippen molar-refractivity contribution < 1.29 is 9.58 Å². The molecule has 0 atom stereocenters. The molecule has 0 N–H and O–H groups in total. The van der Waals surface area contributed by atoms with E-state index in [9.17, 15) is 0 Å². The second-order valence-electron chi connectivity index (χ2n) is 5.32. The molecular formula is C19H20N3O+. The number of hydrogen-bond donors (Lipinski definition) is 0. The van der Waals surface area contributed by atoms with Gasteiger partial charge in [0.2, 0.25) is 6.21 Å². The topological polar surface area (TPSA) is 30.1 Å². The van der Waals surface area contributed by atoms with Gasteiger partial charge in [-0.3, -0.25) is 4.84 Å². The zero-order chi connectivity index (χ0) is 16.1. The molecule has 1 heterocycles. The molecule has 0 aliphatic heterocycles. The summed E-state index contributed by atoms with van der Waals surface area (Å²) in [5.74, 6) is 1.02. The Bertz CT molecular complexity index is 789. The van der Waals surface area contributed by atoms with Gasteiger partial charge >= 0.3 is 0 Å². The minimum absolute atomic E-state index is 0.821. The van der Waals surface area contributed by atoms with Crippen LogP contribution in [0, 0.1) is 6.92 Å². The van der Waals surface area contributed by atoms with E-state index < -0.39 is 0 Å². The smallest absolute Gasteiger partial charge is 0.257 e. The zero-order valence-corrected chi connectivity index (χ0v) is 13.4. The summed E-state index contributed by atoms with van der Waals surface area (Å²) in [5, 5.41) is 0. The van der Waals surface area contributed by atoms with Crippen LogP contribution < -0.4 is 0 Å². The predicted molar refractivity (Wildman–Crippen MR) is 91.0 cm³/mol. The Balaban J connectivity index is 1.80. The number of rotatable bonds is 5. The quantitative estimate of drug-likeness (QED) is 0.410. The molecule has 0 spiro atoms. The Labute approximate surface area is 136 Å². The van der Waals surface area contributed by atoms with Gasteiger partial charge in [0.05, 0.1) is 0 Å². The van der Waals surface area contributed by atoms with E-state index in [1.54, 1.807) is 11.8 Å². The average molecular weight is 306 g/mol. The number of benzene rings is 2. The highest BCUT2D eigenvalue weighted by atomic mass is 16.7. The number of nitrogens with zero attached hydrogens (tertiary/aromatic N) is 3. The molecule has 3 rings (SSSR count). The molecule has 0 radical (unpaired) electrons. The van der Waals surface area contributed by atoms with Crippen molar-refractivity contribution in [3.8, 4) is 0 Å². The lowest BCUT2D eigenvalue weighted by atomic mass is 10.2. The second kappa shape index (κ2) is 6.92. The van der Waals surface area contributed by atoms with Crippen LogP contribution in [0.4, 0.5) is 5.69 Å². The van der Waals surface area contributed by atoms with E-state index in [1.165, 1.54) is 5.56 Å². The second-order valence-corrected chi connectivity index (χ2v) is 5.32. The van der Waals surface area contributed by atoms with Crippen LogP contribution in [0.2, 0.25) is 0 Å². The molecule has 0 amide bonds. The molecule has 0 bridgehead atoms. The molecule has 0 fully saturated rings. The minimum atomic E-state index is 0.821. The molecule has 116 valence electrons. The fourth-order valence-corrected chi connectivity index (χ4v) is 2.42. The van der Waals surface area contributed by atoms with Crippen LogP contribution in [-0.2, 0) is 11.4 Å². The Morgan fingerprint density at radius 2 is 1.83 bits per heavy atom. The van der Waals surface area contributed by atoms with Gasteiger partial charge in [0, 0.05) is 41.4 Å². The first-order valence-electron chi connectivity index (χ1n) is 7.56. The molecule has 3 aromatic rings. The van der Waals surface area contributed by atoms with Crippen molar-refractivity contribution in [3.05, 3.63) is 83.9 Å². The van der Waals surface area contributed by atoms with Crippen LogP contribution in [0.3, 0.4) is 0 Å². The number of hydrogen-bond acceptors (Lipinski definition) is 2. The van der Waals surface area contributed by atoms with Crippen molar-refractivity contribution in [3.63, 3.8) is 0 Å². The molecular weight excluding hydrogens is 286 g/mol. The fraction of sp³-hybridized carbons (Fsp3) is 0.158. The highest BCUT2D eigenvalue weighted by Crippen LogP contribution is 2.15.